The third-order valence-electron chi connectivity index (χ3n) is 2.31. The number of esters is 1. The highest BCUT2D eigenvalue weighted by molar-refractivity contribution is 5.83. The molecular formula is C13H16O3. The van der Waals surface area contributed by atoms with Gasteiger partial charge in [-0.3, -0.25) is 0 Å². The number of hydrogen-bond donors (Lipinski definition) is 1. The van der Waals surface area contributed by atoms with E-state index >= 15 is 0 Å². The molecule has 0 amide bonds. The van der Waals surface area contributed by atoms with Crippen molar-refractivity contribution >= 4 is 5.97 Å². The topological polar surface area (TPSA) is 46.5 Å². The standard InChI is InChI=1S/C13H16O3/c1-3-4-10-13(15,12(14)16-2)11-8-6-5-7-9-11/h4-10,15H,3H2,1-2H3. The van der Waals surface area contributed by atoms with Gasteiger partial charge in [0.25, 0.3) is 0 Å². The summed E-state index contributed by atoms with van der Waals surface area (Å²) < 4.78 is 4.63. The maximum Gasteiger partial charge on any atom is 0.346 e. The molecule has 0 spiro atoms. The Balaban J connectivity index is 3.15. The first-order valence-electron chi connectivity index (χ1n) is 5.19. The van der Waals surface area contributed by atoms with Crippen molar-refractivity contribution in [3.63, 3.8) is 0 Å². The first kappa shape index (κ1) is 12.5. The summed E-state index contributed by atoms with van der Waals surface area (Å²) in [6, 6.07) is 8.74. The maximum atomic E-state index is 11.6. The fourth-order valence-corrected chi connectivity index (χ4v) is 1.42. The highest BCUT2D eigenvalue weighted by atomic mass is 16.5. The number of hydrogen-bond acceptors (Lipinski definition) is 3. The van der Waals surface area contributed by atoms with Gasteiger partial charge in [-0.05, 0) is 18.1 Å². The van der Waals surface area contributed by atoms with Gasteiger partial charge in [0.2, 0.25) is 5.60 Å². The van der Waals surface area contributed by atoms with Crippen LogP contribution in [0, 0.1) is 0 Å². The Bertz CT molecular complexity index is 370. The van der Waals surface area contributed by atoms with Crippen LogP contribution in [0.2, 0.25) is 0 Å². The van der Waals surface area contributed by atoms with E-state index < -0.39 is 11.6 Å². The van der Waals surface area contributed by atoms with Crippen LogP contribution in [-0.4, -0.2) is 18.2 Å². The maximum absolute atomic E-state index is 11.6. The minimum Gasteiger partial charge on any atom is -0.466 e. The summed E-state index contributed by atoms with van der Waals surface area (Å²) in [5, 5.41) is 10.3. The lowest BCUT2D eigenvalue weighted by molar-refractivity contribution is -0.158. The quantitative estimate of drug-likeness (QED) is 0.623. The minimum absolute atomic E-state index is 0.506. The Morgan fingerprint density at radius 3 is 2.56 bits per heavy atom. The molecule has 1 rings (SSSR count). The largest absolute Gasteiger partial charge is 0.466 e. The van der Waals surface area contributed by atoms with Gasteiger partial charge in [0.05, 0.1) is 7.11 Å². The predicted molar refractivity (Wildman–Crippen MR) is 61.8 cm³/mol. The molecule has 1 aromatic rings. The van der Waals surface area contributed by atoms with E-state index in [2.05, 4.69) is 4.74 Å². The zero-order valence-electron chi connectivity index (χ0n) is 9.51. The van der Waals surface area contributed by atoms with Crippen LogP contribution in [0.4, 0.5) is 0 Å². The number of rotatable bonds is 4. The van der Waals surface area contributed by atoms with Crippen molar-refractivity contribution in [1.29, 1.82) is 0 Å². The molecule has 0 aliphatic rings. The van der Waals surface area contributed by atoms with E-state index in [9.17, 15) is 9.90 Å². The summed E-state index contributed by atoms with van der Waals surface area (Å²) in [4.78, 5) is 11.6. The molecule has 1 atom stereocenters. The Morgan fingerprint density at radius 2 is 2.06 bits per heavy atom. The van der Waals surface area contributed by atoms with E-state index in [4.69, 9.17) is 0 Å². The van der Waals surface area contributed by atoms with Gasteiger partial charge < -0.3 is 9.84 Å². The van der Waals surface area contributed by atoms with Crippen molar-refractivity contribution in [2.45, 2.75) is 18.9 Å². The van der Waals surface area contributed by atoms with Gasteiger partial charge >= 0.3 is 5.97 Å². The summed E-state index contributed by atoms with van der Waals surface area (Å²) in [5.74, 6) is -0.677. The highest BCUT2D eigenvalue weighted by Gasteiger charge is 2.36. The van der Waals surface area contributed by atoms with Crippen molar-refractivity contribution in [3.05, 3.63) is 48.0 Å². The van der Waals surface area contributed by atoms with Crippen LogP contribution in [0.1, 0.15) is 18.9 Å². The van der Waals surface area contributed by atoms with E-state index in [1.807, 2.05) is 13.0 Å². The molecule has 0 bridgehead atoms. The van der Waals surface area contributed by atoms with E-state index in [0.717, 1.165) is 6.42 Å². The fourth-order valence-electron chi connectivity index (χ4n) is 1.42. The van der Waals surface area contributed by atoms with E-state index in [0.29, 0.717) is 5.56 Å². The summed E-state index contributed by atoms with van der Waals surface area (Å²) in [7, 11) is 1.26. The molecule has 3 heteroatoms. The lowest BCUT2D eigenvalue weighted by Crippen LogP contribution is -2.34. The number of carbonyl (C=O) groups excluding carboxylic acids is 1. The molecule has 86 valence electrons. The van der Waals surface area contributed by atoms with Gasteiger partial charge in [-0.2, -0.15) is 0 Å². The number of ether oxygens (including phenoxy) is 1. The Kier molecular flexibility index (Phi) is 4.26. The third-order valence-corrected chi connectivity index (χ3v) is 2.31. The van der Waals surface area contributed by atoms with Crippen molar-refractivity contribution < 1.29 is 14.6 Å². The van der Waals surface area contributed by atoms with Gasteiger partial charge in [-0.15, -0.1) is 0 Å². The number of methoxy groups -OCH3 is 1. The summed E-state index contributed by atoms with van der Waals surface area (Å²) >= 11 is 0. The molecule has 0 aliphatic carbocycles. The molecule has 1 aromatic carbocycles. The van der Waals surface area contributed by atoms with E-state index in [1.165, 1.54) is 13.2 Å². The smallest absolute Gasteiger partial charge is 0.346 e. The second-order valence-electron chi connectivity index (χ2n) is 3.43. The van der Waals surface area contributed by atoms with Crippen LogP contribution < -0.4 is 0 Å². The van der Waals surface area contributed by atoms with Gasteiger partial charge in [0, 0.05) is 0 Å². The highest BCUT2D eigenvalue weighted by Crippen LogP contribution is 2.24. The van der Waals surface area contributed by atoms with Crippen LogP contribution in [0.3, 0.4) is 0 Å². The van der Waals surface area contributed by atoms with Crippen LogP contribution in [0.15, 0.2) is 42.5 Å². The SMILES string of the molecule is CCC=CC(O)(C(=O)OC)c1ccccc1. The molecule has 0 aliphatic heterocycles. The third kappa shape index (κ3) is 2.49. The average Bonchev–Trinajstić information content (AvgIpc) is 2.36. The van der Waals surface area contributed by atoms with Crippen molar-refractivity contribution in [2.24, 2.45) is 0 Å². The van der Waals surface area contributed by atoms with E-state index in [1.54, 1.807) is 30.3 Å². The van der Waals surface area contributed by atoms with Gasteiger partial charge in [-0.1, -0.05) is 43.3 Å². The molecule has 0 heterocycles. The molecule has 0 aromatic heterocycles. The molecule has 0 saturated carbocycles. The molecule has 3 nitrogen and oxygen atoms in total. The van der Waals surface area contributed by atoms with Crippen LogP contribution in [-0.2, 0) is 15.1 Å². The Hall–Kier alpha value is -1.61. The average molecular weight is 220 g/mol. The van der Waals surface area contributed by atoms with Crippen molar-refractivity contribution in [2.75, 3.05) is 7.11 Å². The zero-order valence-corrected chi connectivity index (χ0v) is 9.51. The van der Waals surface area contributed by atoms with E-state index in [-0.39, 0.29) is 0 Å². The monoisotopic (exact) mass is 220 g/mol. The Morgan fingerprint density at radius 1 is 1.44 bits per heavy atom. The first-order chi connectivity index (χ1) is 7.65. The first-order valence-corrected chi connectivity index (χ1v) is 5.19. The number of benzene rings is 1. The van der Waals surface area contributed by atoms with Gasteiger partial charge in [-0.25, -0.2) is 4.79 Å². The lowest BCUT2D eigenvalue weighted by atomic mass is 9.93. The second kappa shape index (κ2) is 5.47. The number of carbonyl (C=O) groups is 1. The fraction of sp³-hybridized carbons (Fsp3) is 0.308. The lowest BCUT2D eigenvalue weighted by Gasteiger charge is -2.21. The van der Waals surface area contributed by atoms with Crippen LogP contribution in [0.25, 0.3) is 0 Å². The summed E-state index contributed by atoms with van der Waals surface area (Å²) in [6.45, 7) is 1.93. The molecule has 0 radical (unpaired) electrons. The summed E-state index contributed by atoms with van der Waals surface area (Å²) in [5.41, 5.74) is -1.18. The molecule has 1 unspecified atom stereocenters. The van der Waals surface area contributed by atoms with Gasteiger partial charge in [0.15, 0.2) is 0 Å². The normalized spacial score (nSPS) is 14.7. The molecule has 0 saturated heterocycles. The molecule has 16 heavy (non-hydrogen) atoms. The number of aliphatic hydroxyl groups is 1. The predicted octanol–water partition coefficient (Wildman–Crippen LogP) is 2.01. The second-order valence-corrected chi connectivity index (χ2v) is 3.43. The Labute approximate surface area is 95.4 Å². The molecule has 0 fully saturated rings. The zero-order chi connectivity index (χ0) is 12.0. The number of allylic oxidation sites excluding steroid dienone is 1. The molecular weight excluding hydrogens is 204 g/mol. The van der Waals surface area contributed by atoms with Crippen molar-refractivity contribution in [1.82, 2.24) is 0 Å². The molecule has 1 N–H and O–H groups in total. The minimum atomic E-state index is -1.69. The van der Waals surface area contributed by atoms with Crippen molar-refractivity contribution in [3.8, 4) is 0 Å². The van der Waals surface area contributed by atoms with Gasteiger partial charge in [0.1, 0.15) is 0 Å². The summed E-state index contributed by atoms with van der Waals surface area (Å²) in [6.07, 6.45) is 3.95. The van der Waals surface area contributed by atoms with Crippen LogP contribution in [0.5, 0.6) is 0 Å². The van der Waals surface area contributed by atoms with Crippen LogP contribution >= 0.6 is 0 Å².